The molecule has 2 aliphatic rings. The van der Waals surface area contributed by atoms with Crippen LogP contribution in [0.4, 0.5) is 25.4 Å². The average molecular weight is 412 g/mol. The van der Waals surface area contributed by atoms with Crippen LogP contribution in [-0.2, 0) is 0 Å². The molecule has 8 heteroatoms. The van der Waals surface area contributed by atoms with Crippen molar-refractivity contribution in [3.63, 3.8) is 0 Å². The minimum atomic E-state index is -0.377. The summed E-state index contributed by atoms with van der Waals surface area (Å²) in [6.07, 6.45) is 0.812. The predicted octanol–water partition coefficient (Wildman–Crippen LogP) is 3.13. The molecule has 7 nitrogen and oxygen atoms in total. The molecular weight excluding hydrogens is 387 g/mol. The highest BCUT2D eigenvalue weighted by Crippen LogP contribution is 2.48. The molecule has 0 bridgehead atoms. The zero-order valence-corrected chi connectivity index (χ0v) is 16.7. The molecule has 4 amide bonds. The Hall–Kier alpha value is -3.13. The van der Waals surface area contributed by atoms with E-state index >= 15 is 0 Å². The van der Waals surface area contributed by atoms with Crippen molar-refractivity contribution in [1.82, 2.24) is 10.2 Å². The number of likely N-dealkylation sites (tertiary alicyclic amines) is 1. The van der Waals surface area contributed by atoms with Crippen LogP contribution in [0.3, 0.4) is 0 Å². The van der Waals surface area contributed by atoms with Gasteiger partial charge < -0.3 is 20.6 Å². The fourth-order valence-electron chi connectivity index (χ4n) is 4.41. The van der Waals surface area contributed by atoms with E-state index in [1.807, 2.05) is 31.2 Å². The number of urea groups is 2. The first kappa shape index (κ1) is 20.2. The van der Waals surface area contributed by atoms with E-state index in [9.17, 15) is 19.1 Å². The smallest absolute Gasteiger partial charge is 0.326 e. The second-order valence-corrected chi connectivity index (χ2v) is 7.59. The first-order chi connectivity index (χ1) is 14.5. The summed E-state index contributed by atoms with van der Waals surface area (Å²) >= 11 is 0. The van der Waals surface area contributed by atoms with Gasteiger partial charge in [-0.05, 0) is 42.3 Å². The summed E-state index contributed by atoms with van der Waals surface area (Å²) in [5, 5.41) is 15.6. The van der Waals surface area contributed by atoms with Crippen molar-refractivity contribution in [1.29, 1.82) is 0 Å². The molecule has 3 N–H and O–H groups in total. The number of carbonyl (C=O) groups excluding carboxylic acids is 2. The van der Waals surface area contributed by atoms with Crippen LogP contribution < -0.4 is 15.5 Å². The molecule has 2 aliphatic heterocycles. The van der Waals surface area contributed by atoms with E-state index in [2.05, 4.69) is 10.6 Å². The van der Waals surface area contributed by atoms with Crippen LogP contribution in [0.25, 0.3) is 0 Å². The zero-order chi connectivity index (χ0) is 21.3. The summed E-state index contributed by atoms with van der Waals surface area (Å²) in [6, 6.07) is 12.0. The van der Waals surface area contributed by atoms with Gasteiger partial charge in [0.2, 0.25) is 0 Å². The number of nitrogens with zero attached hydrogens (tertiary/aromatic N) is 2. The summed E-state index contributed by atoms with van der Waals surface area (Å²) in [5.74, 6) is -0.411. The van der Waals surface area contributed by atoms with E-state index in [0.717, 1.165) is 17.7 Å². The Balaban J connectivity index is 1.61. The minimum absolute atomic E-state index is 0.0338. The van der Waals surface area contributed by atoms with Crippen molar-refractivity contribution in [3.8, 4) is 0 Å². The monoisotopic (exact) mass is 412 g/mol. The molecule has 0 aliphatic carbocycles. The lowest BCUT2D eigenvalue weighted by molar-refractivity contribution is -0.00673. The first-order valence-electron chi connectivity index (χ1n) is 10.1. The number of rotatable bonds is 4. The van der Waals surface area contributed by atoms with Crippen LogP contribution in [0.1, 0.15) is 24.8 Å². The average Bonchev–Trinajstić information content (AvgIpc) is 2.74. The number of anilines is 2. The van der Waals surface area contributed by atoms with E-state index in [1.54, 1.807) is 9.80 Å². The number of hydrogen-bond acceptors (Lipinski definition) is 3. The second kappa shape index (κ2) is 8.31. The van der Waals surface area contributed by atoms with Gasteiger partial charge in [-0.15, -0.1) is 0 Å². The molecule has 1 fully saturated rings. The van der Waals surface area contributed by atoms with Gasteiger partial charge in [0.15, 0.2) is 0 Å². The van der Waals surface area contributed by atoms with E-state index in [4.69, 9.17) is 0 Å². The topological polar surface area (TPSA) is 84.9 Å². The van der Waals surface area contributed by atoms with Gasteiger partial charge in [0, 0.05) is 30.4 Å². The molecule has 0 aromatic heterocycles. The van der Waals surface area contributed by atoms with E-state index < -0.39 is 0 Å². The number of aliphatic hydroxyl groups is 1. The van der Waals surface area contributed by atoms with Gasteiger partial charge in [0.1, 0.15) is 5.82 Å². The first-order valence-corrected chi connectivity index (χ1v) is 10.1. The lowest BCUT2D eigenvalue weighted by Gasteiger charge is -2.58. The van der Waals surface area contributed by atoms with Gasteiger partial charge in [-0.25, -0.2) is 14.0 Å². The summed E-state index contributed by atoms with van der Waals surface area (Å²) in [6.45, 7) is 2.69. The van der Waals surface area contributed by atoms with Gasteiger partial charge >= 0.3 is 12.1 Å². The number of aliphatic hydroxyl groups excluding tert-OH is 1. The third-order valence-electron chi connectivity index (χ3n) is 5.79. The fourth-order valence-corrected chi connectivity index (χ4v) is 4.41. The fraction of sp³-hybridized carbons (Fsp3) is 0.364. The summed E-state index contributed by atoms with van der Waals surface area (Å²) in [7, 11) is 0. The maximum absolute atomic E-state index is 13.2. The number of fused-ring (bicyclic) bond motifs is 3. The number of carbonyl (C=O) groups is 2. The molecule has 158 valence electrons. The molecule has 2 aromatic rings. The van der Waals surface area contributed by atoms with Gasteiger partial charge in [-0.3, -0.25) is 4.90 Å². The molecule has 1 saturated heterocycles. The van der Waals surface area contributed by atoms with Crippen molar-refractivity contribution in [2.24, 2.45) is 0 Å². The number of hydrogen-bond donors (Lipinski definition) is 3. The Kier molecular flexibility index (Phi) is 5.59. The van der Waals surface area contributed by atoms with Crippen molar-refractivity contribution in [2.45, 2.75) is 31.3 Å². The van der Waals surface area contributed by atoms with Crippen molar-refractivity contribution >= 4 is 23.4 Å². The Morgan fingerprint density at radius 1 is 1.13 bits per heavy atom. The van der Waals surface area contributed by atoms with Crippen molar-refractivity contribution < 1.29 is 19.1 Å². The maximum atomic E-state index is 13.2. The Labute approximate surface area is 174 Å². The maximum Gasteiger partial charge on any atom is 0.326 e. The van der Waals surface area contributed by atoms with Crippen molar-refractivity contribution in [3.05, 3.63) is 59.9 Å². The van der Waals surface area contributed by atoms with Crippen LogP contribution in [0, 0.1) is 5.82 Å². The van der Waals surface area contributed by atoms with Gasteiger partial charge in [-0.2, -0.15) is 0 Å². The molecule has 0 unspecified atom stereocenters. The standard InChI is InChI=1S/C22H25FN4O3/c1-2-11-24-21(29)27-18-12-26(22(30)25-15-9-7-14(23)8-10-15)17-6-4-3-5-16(17)20(18)19(27)13-28/h3-10,18-20,28H,2,11-13H2,1H3,(H,24,29)(H,25,30)/t18-,19+,20+/m0/s1. The third kappa shape index (κ3) is 3.47. The van der Waals surface area contributed by atoms with E-state index in [1.165, 1.54) is 24.3 Å². The summed E-state index contributed by atoms with van der Waals surface area (Å²) < 4.78 is 13.2. The molecule has 3 atom stereocenters. The lowest BCUT2D eigenvalue weighted by Crippen LogP contribution is -2.72. The Morgan fingerprint density at radius 3 is 2.57 bits per heavy atom. The van der Waals surface area contributed by atoms with Gasteiger partial charge in [0.05, 0.1) is 18.7 Å². The van der Waals surface area contributed by atoms with Crippen LogP contribution in [0.2, 0.25) is 0 Å². The second-order valence-electron chi connectivity index (χ2n) is 7.59. The highest BCUT2D eigenvalue weighted by molar-refractivity contribution is 6.03. The van der Waals surface area contributed by atoms with Crippen LogP contribution in [-0.4, -0.2) is 53.8 Å². The van der Waals surface area contributed by atoms with Crippen LogP contribution in [0.5, 0.6) is 0 Å². The largest absolute Gasteiger partial charge is 0.394 e. The van der Waals surface area contributed by atoms with Gasteiger partial charge in [-0.1, -0.05) is 25.1 Å². The quantitative estimate of drug-likeness (QED) is 0.721. The molecule has 4 rings (SSSR count). The molecule has 2 heterocycles. The van der Waals surface area contributed by atoms with Crippen LogP contribution in [0.15, 0.2) is 48.5 Å². The molecule has 2 aromatic carbocycles. The molecule has 0 radical (unpaired) electrons. The number of nitrogens with one attached hydrogen (secondary N) is 2. The molecule has 30 heavy (non-hydrogen) atoms. The predicted molar refractivity (Wildman–Crippen MR) is 112 cm³/mol. The van der Waals surface area contributed by atoms with Crippen LogP contribution >= 0.6 is 0 Å². The molecular formula is C22H25FN4O3. The summed E-state index contributed by atoms with van der Waals surface area (Å²) in [4.78, 5) is 29.0. The molecule has 0 spiro atoms. The number of benzene rings is 2. The number of para-hydroxylation sites is 1. The SMILES string of the molecule is CCCNC(=O)N1[C@H](CO)[C@@H]2c3ccccc3N(C(=O)Nc3ccc(F)cc3)C[C@@H]21. The minimum Gasteiger partial charge on any atom is -0.394 e. The Morgan fingerprint density at radius 2 is 1.87 bits per heavy atom. The summed E-state index contributed by atoms with van der Waals surface area (Å²) in [5.41, 5.74) is 2.17. The number of amides is 4. The van der Waals surface area contributed by atoms with E-state index in [0.29, 0.717) is 18.8 Å². The highest BCUT2D eigenvalue weighted by Gasteiger charge is 2.55. The highest BCUT2D eigenvalue weighted by atomic mass is 19.1. The van der Waals surface area contributed by atoms with Gasteiger partial charge in [0.25, 0.3) is 0 Å². The van der Waals surface area contributed by atoms with Crippen molar-refractivity contribution in [2.75, 3.05) is 29.9 Å². The molecule has 0 saturated carbocycles. The zero-order valence-electron chi connectivity index (χ0n) is 16.7. The van der Waals surface area contributed by atoms with E-state index in [-0.39, 0.29) is 42.5 Å². The third-order valence-corrected chi connectivity index (χ3v) is 5.79. The normalized spacial score (nSPS) is 21.9. The number of halogens is 1. The lowest BCUT2D eigenvalue weighted by atomic mass is 9.72. The Bertz CT molecular complexity index is 936.